The number of rotatable bonds is 5. The van der Waals surface area contributed by atoms with Crippen LogP contribution in [0.3, 0.4) is 0 Å². The monoisotopic (exact) mass is 373 g/mol. The smallest absolute Gasteiger partial charge is 0.345 e. The summed E-state index contributed by atoms with van der Waals surface area (Å²) in [6, 6.07) is 2.30. The van der Waals surface area contributed by atoms with E-state index in [1.165, 1.54) is 6.07 Å². The lowest BCUT2D eigenvalue weighted by atomic mass is 9.90. The Morgan fingerprint density at radius 3 is 2.52 bits per heavy atom. The third-order valence-electron chi connectivity index (χ3n) is 4.02. The first-order valence-electron chi connectivity index (χ1n) is 7.97. The summed E-state index contributed by atoms with van der Waals surface area (Å²) >= 11 is 0.968. The van der Waals surface area contributed by atoms with Crippen molar-refractivity contribution in [2.45, 2.75) is 45.8 Å². The fourth-order valence-corrected chi connectivity index (χ4v) is 3.97. The Labute approximate surface area is 148 Å². The van der Waals surface area contributed by atoms with Crippen LogP contribution in [0.4, 0.5) is 13.2 Å². The summed E-state index contributed by atoms with van der Waals surface area (Å²) in [6.45, 7) is 7.93. The van der Waals surface area contributed by atoms with Crippen LogP contribution < -0.4 is 11.1 Å². The molecule has 3 N–H and O–H groups in total. The van der Waals surface area contributed by atoms with E-state index in [-0.39, 0.29) is 17.3 Å². The lowest BCUT2D eigenvalue weighted by Gasteiger charge is -2.31. The van der Waals surface area contributed by atoms with Gasteiger partial charge in [-0.25, -0.2) is 4.98 Å². The molecule has 0 bridgehead atoms. The number of carbonyl (C=O) groups is 1. The number of alkyl halides is 3. The molecule has 8 heteroatoms. The number of halogens is 3. The minimum Gasteiger partial charge on any atom is -0.345 e. The number of pyridine rings is 1. The average Bonchev–Trinajstić information content (AvgIpc) is 2.82. The second-order valence-electron chi connectivity index (χ2n) is 6.92. The van der Waals surface area contributed by atoms with E-state index in [0.29, 0.717) is 28.2 Å². The van der Waals surface area contributed by atoms with Crippen molar-refractivity contribution in [3.63, 3.8) is 0 Å². The Hall–Kier alpha value is -1.67. The number of hydrogen-bond donors (Lipinski definition) is 2. The highest BCUT2D eigenvalue weighted by molar-refractivity contribution is 7.20. The minimum absolute atomic E-state index is 0.204. The summed E-state index contributed by atoms with van der Waals surface area (Å²) in [5.41, 5.74) is 4.91. The van der Waals surface area contributed by atoms with E-state index in [2.05, 4.69) is 10.3 Å². The molecule has 2 aromatic rings. The van der Waals surface area contributed by atoms with Crippen LogP contribution >= 0.6 is 11.3 Å². The number of aromatic nitrogens is 1. The van der Waals surface area contributed by atoms with Gasteiger partial charge in [0.15, 0.2) is 0 Å². The fraction of sp³-hybridized carbons (Fsp3) is 0.529. The number of amides is 1. The maximum absolute atomic E-state index is 12.8. The van der Waals surface area contributed by atoms with E-state index in [0.717, 1.165) is 17.4 Å². The number of fused-ring (bicyclic) bond motifs is 1. The summed E-state index contributed by atoms with van der Waals surface area (Å²) in [5, 5.41) is 3.49. The number of carbonyl (C=O) groups excluding carboxylic acids is 1. The van der Waals surface area contributed by atoms with Crippen molar-refractivity contribution in [3.05, 3.63) is 28.3 Å². The molecule has 2 aromatic heterocycles. The van der Waals surface area contributed by atoms with E-state index >= 15 is 0 Å². The van der Waals surface area contributed by atoms with Gasteiger partial charge < -0.3 is 11.1 Å². The highest BCUT2D eigenvalue weighted by Crippen LogP contribution is 2.34. The zero-order valence-corrected chi connectivity index (χ0v) is 15.4. The first-order valence-corrected chi connectivity index (χ1v) is 8.78. The van der Waals surface area contributed by atoms with Crippen molar-refractivity contribution in [2.75, 3.05) is 6.54 Å². The van der Waals surface area contributed by atoms with Crippen LogP contribution in [-0.2, 0) is 6.18 Å². The van der Waals surface area contributed by atoms with Crippen LogP contribution in [0, 0.1) is 12.8 Å². The van der Waals surface area contributed by atoms with E-state index < -0.39 is 17.4 Å². The fourth-order valence-electron chi connectivity index (χ4n) is 2.89. The van der Waals surface area contributed by atoms with Gasteiger partial charge in [-0.15, -0.1) is 11.3 Å². The van der Waals surface area contributed by atoms with Crippen LogP contribution in [0.1, 0.15) is 48.1 Å². The molecular weight excluding hydrogens is 351 g/mol. The number of nitrogens with zero attached hydrogens (tertiary/aromatic N) is 1. The Morgan fingerprint density at radius 1 is 1.36 bits per heavy atom. The van der Waals surface area contributed by atoms with Gasteiger partial charge >= 0.3 is 6.18 Å². The van der Waals surface area contributed by atoms with Crippen LogP contribution in [-0.4, -0.2) is 23.0 Å². The molecule has 138 valence electrons. The Bertz CT molecular complexity index is 785. The van der Waals surface area contributed by atoms with Crippen LogP contribution in [0.2, 0.25) is 0 Å². The lowest BCUT2D eigenvalue weighted by molar-refractivity contribution is -0.140. The standard InChI is InChI=1S/C17H22F3N3OS/c1-9(2)7-16(4,8-21)23-14(24)13-10(3)11-5-6-12(17(18,19)20)22-15(11)25-13/h5-6,9H,7-8,21H2,1-4H3,(H,23,24). The van der Waals surface area contributed by atoms with Crippen LogP contribution in [0.5, 0.6) is 0 Å². The molecule has 2 rings (SSSR count). The molecule has 2 heterocycles. The molecule has 4 nitrogen and oxygen atoms in total. The van der Waals surface area contributed by atoms with Gasteiger partial charge in [0.2, 0.25) is 0 Å². The number of nitrogens with one attached hydrogen (secondary N) is 1. The molecule has 0 radical (unpaired) electrons. The van der Waals surface area contributed by atoms with Crippen molar-refractivity contribution in [3.8, 4) is 0 Å². The summed E-state index contributed by atoms with van der Waals surface area (Å²) < 4.78 is 38.5. The molecule has 25 heavy (non-hydrogen) atoms. The van der Waals surface area contributed by atoms with Crippen molar-refractivity contribution < 1.29 is 18.0 Å². The molecule has 0 aliphatic heterocycles. The third-order valence-corrected chi connectivity index (χ3v) is 5.23. The quantitative estimate of drug-likeness (QED) is 0.828. The first-order chi connectivity index (χ1) is 11.5. The number of nitrogens with two attached hydrogens (primary N) is 1. The van der Waals surface area contributed by atoms with E-state index in [9.17, 15) is 18.0 Å². The highest BCUT2D eigenvalue weighted by Gasteiger charge is 2.33. The lowest BCUT2D eigenvalue weighted by Crippen LogP contribution is -2.52. The van der Waals surface area contributed by atoms with Gasteiger partial charge in [-0.1, -0.05) is 13.8 Å². The molecule has 0 aromatic carbocycles. The third kappa shape index (κ3) is 4.30. The van der Waals surface area contributed by atoms with Crippen LogP contribution in [0.15, 0.2) is 12.1 Å². The normalized spacial score (nSPS) is 14.8. The second kappa shape index (κ2) is 6.92. The Balaban J connectivity index is 2.37. The molecule has 0 saturated heterocycles. The van der Waals surface area contributed by atoms with Gasteiger partial charge in [-0.05, 0) is 43.9 Å². The second-order valence-corrected chi connectivity index (χ2v) is 7.92. The molecule has 1 atom stereocenters. The average molecular weight is 373 g/mol. The van der Waals surface area contributed by atoms with Crippen molar-refractivity contribution in [1.29, 1.82) is 0 Å². The number of hydrogen-bond acceptors (Lipinski definition) is 4. The van der Waals surface area contributed by atoms with Gasteiger partial charge in [0.25, 0.3) is 5.91 Å². The van der Waals surface area contributed by atoms with Gasteiger partial charge in [0.05, 0.1) is 10.4 Å². The largest absolute Gasteiger partial charge is 0.433 e. The van der Waals surface area contributed by atoms with Crippen LogP contribution in [0.25, 0.3) is 10.2 Å². The first kappa shape index (κ1) is 19.7. The zero-order chi connectivity index (χ0) is 19.0. The Morgan fingerprint density at radius 2 is 2.00 bits per heavy atom. The van der Waals surface area contributed by atoms with E-state index in [1.807, 2.05) is 20.8 Å². The number of aryl methyl sites for hydroxylation is 1. The predicted molar refractivity (Wildman–Crippen MR) is 93.7 cm³/mol. The predicted octanol–water partition coefficient (Wildman–Crippen LogP) is 4.12. The van der Waals surface area contributed by atoms with E-state index in [4.69, 9.17) is 5.73 Å². The van der Waals surface area contributed by atoms with Gasteiger partial charge in [-0.3, -0.25) is 4.79 Å². The maximum Gasteiger partial charge on any atom is 0.433 e. The highest BCUT2D eigenvalue weighted by atomic mass is 32.1. The summed E-state index contributed by atoms with van der Waals surface area (Å²) in [4.78, 5) is 16.9. The molecule has 1 amide bonds. The van der Waals surface area contributed by atoms with E-state index in [1.54, 1.807) is 6.92 Å². The van der Waals surface area contributed by atoms with Crippen molar-refractivity contribution in [1.82, 2.24) is 10.3 Å². The Kier molecular flexibility index (Phi) is 5.44. The topological polar surface area (TPSA) is 68.0 Å². The minimum atomic E-state index is -4.51. The molecule has 0 aliphatic carbocycles. The molecule has 0 aliphatic rings. The molecule has 0 saturated carbocycles. The summed E-state index contributed by atoms with van der Waals surface area (Å²) in [7, 11) is 0. The van der Waals surface area contributed by atoms with Crippen molar-refractivity contribution >= 4 is 27.5 Å². The molecule has 0 fully saturated rings. The molecule has 1 unspecified atom stereocenters. The van der Waals surface area contributed by atoms with Crippen molar-refractivity contribution in [2.24, 2.45) is 11.7 Å². The van der Waals surface area contributed by atoms with Gasteiger partial charge in [0.1, 0.15) is 10.5 Å². The maximum atomic E-state index is 12.8. The van der Waals surface area contributed by atoms with Gasteiger partial charge in [0, 0.05) is 11.9 Å². The molecular formula is C17H22F3N3OS. The summed E-state index contributed by atoms with van der Waals surface area (Å²) in [5.74, 6) is 0.0102. The number of thiophene rings is 1. The zero-order valence-electron chi connectivity index (χ0n) is 14.6. The molecule has 0 spiro atoms. The summed E-state index contributed by atoms with van der Waals surface area (Å²) in [6.07, 6.45) is -3.81. The SMILES string of the molecule is Cc1c(C(=O)NC(C)(CN)CC(C)C)sc2nc(C(F)(F)F)ccc12. The van der Waals surface area contributed by atoms with Gasteiger partial charge in [-0.2, -0.15) is 13.2 Å².